The number of nitrogens with one attached hydrogen (secondary N) is 2. The molecule has 0 fully saturated rings. The van der Waals surface area contributed by atoms with Crippen LogP contribution in [0.5, 0.6) is 0 Å². The van der Waals surface area contributed by atoms with Crippen LogP contribution < -0.4 is 10.6 Å². The number of rotatable bonds is 9. The smallest absolute Gasteiger partial charge is 0.191 e. The lowest BCUT2D eigenvalue weighted by Crippen LogP contribution is -2.37. The van der Waals surface area contributed by atoms with Gasteiger partial charge in [0.1, 0.15) is 12.1 Å². The van der Waals surface area contributed by atoms with Crippen molar-refractivity contribution in [1.82, 2.24) is 25.2 Å². The third kappa shape index (κ3) is 7.97. The van der Waals surface area contributed by atoms with Gasteiger partial charge in [-0.1, -0.05) is 38.1 Å². The maximum atomic E-state index is 4.72. The number of nitrogens with zero attached hydrogens (tertiary/aromatic N) is 4. The van der Waals surface area contributed by atoms with Crippen LogP contribution in [0.2, 0.25) is 0 Å². The minimum absolute atomic E-state index is 0. The minimum Gasteiger partial charge on any atom is -0.357 e. The third-order valence-corrected chi connectivity index (χ3v) is 4.92. The quantitative estimate of drug-likeness (QED) is 0.182. The fourth-order valence-electron chi connectivity index (χ4n) is 3.18. The lowest BCUT2D eigenvalue weighted by atomic mass is 10.0. The van der Waals surface area contributed by atoms with E-state index in [0.717, 1.165) is 43.3 Å². The molecule has 0 saturated heterocycles. The second-order valence-electron chi connectivity index (χ2n) is 7.61. The molecule has 0 spiro atoms. The second kappa shape index (κ2) is 13.1. The van der Waals surface area contributed by atoms with Crippen LogP contribution in [0, 0.1) is 0 Å². The van der Waals surface area contributed by atoms with Gasteiger partial charge in [0.15, 0.2) is 5.96 Å². The molecule has 2 N–H and O–H groups in total. The van der Waals surface area contributed by atoms with Crippen LogP contribution in [-0.2, 0) is 13.0 Å². The number of guanidine groups is 1. The van der Waals surface area contributed by atoms with Crippen LogP contribution in [0.3, 0.4) is 0 Å². The molecule has 0 atom stereocenters. The number of hydrogen-bond acceptors (Lipinski definition) is 3. The number of pyridine rings is 1. The first-order valence-electron chi connectivity index (χ1n) is 10.7. The van der Waals surface area contributed by atoms with Gasteiger partial charge in [-0.25, -0.2) is 15.0 Å². The Labute approximate surface area is 202 Å². The van der Waals surface area contributed by atoms with Crippen molar-refractivity contribution in [2.75, 3.05) is 13.1 Å². The van der Waals surface area contributed by atoms with Crippen LogP contribution in [0.25, 0.3) is 5.82 Å². The average Bonchev–Trinajstić information content (AvgIpc) is 3.30. The summed E-state index contributed by atoms with van der Waals surface area (Å²) in [6, 6.07) is 13.0. The number of aryl methyl sites for hydroxylation is 1. The van der Waals surface area contributed by atoms with Crippen molar-refractivity contribution < 1.29 is 0 Å². The van der Waals surface area contributed by atoms with Crippen LogP contribution in [0.15, 0.2) is 66.3 Å². The molecule has 2 heterocycles. The van der Waals surface area contributed by atoms with Crippen molar-refractivity contribution in [3.8, 4) is 5.82 Å². The summed E-state index contributed by atoms with van der Waals surface area (Å²) in [6.45, 7) is 8.84. The first kappa shape index (κ1) is 24.8. The fourth-order valence-corrected chi connectivity index (χ4v) is 3.18. The molecular formula is C24H33IN6. The van der Waals surface area contributed by atoms with Crippen LogP contribution >= 0.6 is 24.0 Å². The first-order valence-corrected chi connectivity index (χ1v) is 10.7. The van der Waals surface area contributed by atoms with Crippen molar-refractivity contribution in [1.29, 1.82) is 0 Å². The van der Waals surface area contributed by atoms with E-state index in [2.05, 4.69) is 65.6 Å². The van der Waals surface area contributed by atoms with E-state index in [1.54, 1.807) is 12.5 Å². The van der Waals surface area contributed by atoms with Gasteiger partial charge in [0.2, 0.25) is 0 Å². The molecule has 0 aliphatic carbocycles. The highest BCUT2D eigenvalue weighted by molar-refractivity contribution is 14.0. The molecule has 0 saturated carbocycles. The molecular weight excluding hydrogens is 499 g/mol. The molecule has 3 rings (SSSR count). The number of benzene rings is 1. The summed E-state index contributed by atoms with van der Waals surface area (Å²) in [5.41, 5.74) is 3.88. The lowest BCUT2D eigenvalue weighted by Gasteiger charge is -2.12. The van der Waals surface area contributed by atoms with Crippen molar-refractivity contribution in [3.05, 3.63) is 78.0 Å². The highest BCUT2D eigenvalue weighted by Gasteiger charge is 2.02. The molecule has 0 aliphatic rings. The van der Waals surface area contributed by atoms with E-state index in [1.807, 2.05) is 29.1 Å². The number of aliphatic imine (C=N–C) groups is 1. The van der Waals surface area contributed by atoms with Crippen LogP contribution in [0.1, 0.15) is 49.8 Å². The Bertz CT molecular complexity index is 920. The van der Waals surface area contributed by atoms with Gasteiger partial charge >= 0.3 is 0 Å². The summed E-state index contributed by atoms with van der Waals surface area (Å²) in [4.78, 5) is 13.2. The monoisotopic (exact) mass is 532 g/mol. The average molecular weight is 532 g/mol. The number of aromatic nitrogens is 3. The summed E-state index contributed by atoms with van der Waals surface area (Å²) < 4.78 is 1.89. The molecule has 3 aromatic rings. The molecule has 166 valence electrons. The molecule has 0 unspecified atom stereocenters. The Kier molecular flexibility index (Phi) is 10.5. The fraction of sp³-hybridized carbons (Fsp3) is 0.375. The molecule has 1 aromatic carbocycles. The van der Waals surface area contributed by atoms with Gasteiger partial charge in [-0.3, -0.25) is 4.57 Å². The maximum Gasteiger partial charge on any atom is 0.191 e. The highest BCUT2D eigenvalue weighted by atomic mass is 127. The van der Waals surface area contributed by atoms with E-state index in [4.69, 9.17) is 4.99 Å². The van der Waals surface area contributed by atoms with Crippen molar-refractivity contribution in [3.63, 3.8) is 0 Å². The third-order valence-electron chi connectivity index (χ3n) is 4.92. The van der Waals surface area contributed by atoms with E-state index in [-0.39, 0.29) is 24.0 Å². The normalized spacial score (nSPS) is 11.3. The zero-order valence-corrected chi connectivity index (χ0v) is 20.9. The summed E-state index contributed by atoms with van der Waals surface area (Å²) >= 11 is 0. The minimum atomic E-state index is 0. The first-order chi connectivity index (χ1) is 14.7. The molecule has 2 aromatic heterocycles. The number of imidazole rings is 1. The van der Waals surface area contributed by atoms with Crippen molar-refractivity contribution in [2.24, 2.45) is 4.99 Å². The van der Waals surface area contributed by atoms with E-state index in [1.165, 1.54) is 11.1 Å². The maximum absolute atomic E-state index is 4.72. The van der Waals surface area contributed by atoms with E-state index >= 15 is 0 Å². The van der Waals surface area contributed by atoms with E-state index < -0.39 is 0 Å². The Morgan fingerprint density at radius 2 is 1.87 bits per heavy atom. The van der Waals surface area contributed by atoms with Crippen LogP contribution in [0.4, 0.5) is 0 Å². The second-order valence-corrected chi connectivity index (χ2v) is 7.61. The Balaban J connectivity index is 0.00000341. The zero-order chi connectivity index (χ0) is 21.2. The van der Waals surface area contributed by atoms with Gasteiger partial charge in [-0.2, -0.15) is 0 Å². The molecule has 31 heavy (non-hydrogen) atoms. The molecule has 7 heteroatoms. The van der Waals surface area contributed by atoms with E-state index in [0.29, 0.717) is 12.5 Å². The summed E-state index contributed by atoms with van der Waals surface area (Å²) in [5.74, 6) is 2.27. The van der Waals surface area contributed by atoms with Crippen molar-refractivity contribution >= 4 is 29.9 Å². The summed E-state index contributed by atoms with van der Waals surface area (Å²) in [6.07, 6.45) is 9.31. The standard InChI is InChI=1S/C24H32N6.HI/c1-4-26-24(28-12-5-6-20-7-9-22(10-8-20)19(2)3)29-17-21-11-13-27-23(16-21)30-15-14-25-18-30;/h7-11,13-16,18-19H,4-6,12,17H2,1-3H3,(H2,26,28,29);1H. The van der Waals surface area contributed by atoms with Gasteiger partial charge in [-0.05, 0) is 54.5 Å². The summed E-state index contributed by atoms with van der Waals surface area (Å²) in [5, 5.41) is 6.76. The molecule has 0 bridgehead atoms. The topological polar surface area (TPSA) is 67.1 Å². The molecule has 0 radical (unpaired) electrons. The Morgan fingerprint density at radius 1 is 1.06 bits per heavy atom. The van der Waals surface area contributed by atoms with Gasteiger partial charge in [-0.15, -0.1) is 24.0 Å². The molecule has 6 nitrogen and oxygen atoms in total. The van der Waals surface area contributed by atoms with Crippen LogP contribution in [-0.4, -0.2) is 33.6 Å². The largest absolute Gasteiger partial charge is 0.357 e. The Hall–Kier alpha value is -2.42. The highest BCUT2D eigenvalue weighted by Crippen LogP contribution is 2.15. The Morgan fingerprint density at radius 3 is 2.55 bits per heavy atom. The summed E-state index contributed by atoms with van der Waals surface area (Å²) in [7, 11) is 0. The molecule has 0 aliphatic heterocycles. The van der Waals surface area contributed by atoms with Gasteiger partial charge in [0.25, 0.3) is 0 Å². The van der Waals surface area contributed by atoms with Gasteiger partial charge < -0.3 is 10.6 Å². The van der Waals surface area contributed by atoms with Gasteiger partial charge in [0.05, 0.1) is 6.54 Å². The zero-order valence-electron chi connectivity index (χ0n) is 18.6. The SMILES string of the molecule is CCNC(=NCc1ccnc(-n2ccnc2)c1)NCCCc1ccc(C(C)C)cc1.I. The predicted molar refractivity (Wildman–Crippen MR) is 138 cm³/mol. The number of halogens is 1. The van der Waals surface area contributed by atoms with Crippen molar-refractivity contribution in [2.45, 2.75) is 46.1 Å². The number of hydrogen-bond donors (Lipinski definition) is 2. The van der Waals surface area contributed by atoms with Gasteiger partial charge in [0, 0.05) is 31.7 Å². The van der Waals surface area contributed by atoms with E-state index in [9.17, 15) is 0 Å². The predicted octanol–water partition coefficient (Wildman–Crippen LogP) is 4.70. The molecule has 0 amide bonds. The lowest BCUT2D eigenvalue weighted by molar-refractivity contribution is 0.743.